The molecule has 2 aromatic rings. The lowest BCUT2D eigenvalue weighted by Crippen LogP contribution is -2.24. The van der Waals surface area contributed by atoms with Crippen LogP contribution in [0.15, 0.2) is 47.9 Å². The molecule has 0 saturated heterocycles. The lowest BCUT2D eigenvalue weighted by molar-refractivity contribution is 0.584. The third kappa shape index (κ3) is 2.66. The lowest BCUT2D eigenvalue weighted by atomic mass is 10.3. The first kappa shape index (κ1) is 14.5. The van der Waals surface area contributed by atoms with E-state index in [2.05, 4.69) is 16.4 Å². The van der Waals surface area contributed by atoms with Gasteiger partial charge in [0, 0.05) is 6.54 Å². The van der Waals surface area contributed by atoms with Crippen LogP contribution < -0.4 is 4.72 Å². The molecule has 0 aliphatic rings. The summed E-state index contributed by atoms with van der Waals surface area (Å²) in [5.74, 6) is 0. The standard InChI is InChI=1S/C14H17N3O2S/c1-4-10-15-20(18,19)14-11(2)16-17(12(14)3)13-8-6-5-7-9-13/h4-9,15H,1,10H2,2-3H3. The van der Waals surface area contributed by atoms with Crippen LogP contribution in [-0.4, -0.2) is 24.7 Å². The average molecular weight is 291 g/mol. The number of hydrogen-bond donors (Lipinski definition) is 1. The first-order valence-corrected chi connectivity index (χ1v) is 7.68. The van der Waals surface area contributed by atoms with Crippen molar-refractivity contribution in [3.8, 4) is 5.69 Å². The van der Waals surface area contributed by atoms with Gasteiger partial charge in [-0.15, -0.1) is 6.58 Å². The number of para-hydroxylation sites is 1. The summed E-state index contributed by atoms with van der Waals surface area (Å²) in [5, 5.41) is 4.33. The van der Waals surface area contributed by atoms with Crippen LogP contribution in [-0.2, 0) is 10.0 Å². The fourth-order valence-corrected chi connectivity index (χ4v) is 3.47. The highest BCUT2D eigenvalue weighted by molar-refractivity contribution is 7.89. The van der Waals surface area contributed by atoms with Crippen molar-refractivity contribution >= 4 is 10.0 Å². The van der Waals surface area contributed by atoms with Gasteiger partial charge < -0.3 is 0 Å². The largest absolute Gasteiger partial charge is 0.244 e. The van der Waals surface area contributed by atoms with Gasteiger partial charge in [0.1, 0.15) is 4.90 Å². The first-order chi connectivity index (χ1) is 9.47. The Morgan fingerprint density at radius 3 is 2.55 bits per heavy atom. The van der Waals surface area contributed by atoms with E-state index in [9.17, 15) is 8.42 Å². The van der Waals surface area contributed by atoms with E-state index in [0.717, 1.165) is 5.69 Å². The quantitative estimate of drug-likeness (QED) is 0.856. The summed E-state index contributed by atoms with van der Waals surface area (Å²) < 4.78 is 28.6. The molecule has 2 rings (SSSR count). The number of sulfonamides is 1. The summed E-state index contributed by atoms with van der Waals surface area (Å²) in [7, 11) is -3.58. The molecule has 0 radical (unpaired) electrons. The minimum absolute atomic E-state index is 0.192. The Morgan fingerprint density at radius 2 is 1.95 bits per heavy atom. The van der Waals surface area contributed by atoms with Gasteiger partial charge in [0.15, 0.2) is 0 Å². The van der Waals surface area contributed by atoms with Crippen molar-refractivity contribution in [2.45, 2.75) is 18.7 Å². The number of nitrogens with zero attached hydrogens (tertiary/aromatic N) is 2. The molecule has 0 atom stereocenters. The van der Waals surface area contributed by atoms with Gasteiger partial charge in [0.25, 0.3) is 0 Å². The topological polar surface area (TPSA) is 64.0 Å². The fourth-order valence-electron chi connectivity index (χ4n) is 2.08. The Balaban J connectivity index is 2.53. The predicted octanol–water partition coefficient (Wildman–Crippen LogP) is 1.95. The van der Waals surface area contributed by atoms with Gasteiger partial charge in [0.05, 0.1) is 17.1 Å². The van der Waals surface area contributed by atoms with E-state index in [1.54, 1.807) is 18.5 Å². The van der Waals surface area contributed by atoms with Crippen LogP contribution in [0.3, 0.4) is 0 Å². The molecule has 1 N–H and O–H groups in total. The Kier molecular flexibility index (Phi) is 4.06. The minimum atomic E-state index is -3.58. The van der Waals surface area contributed by atoms with E-state index >= 15 is 0 Å². The summed E-state index contributed by atoms with van der Waals surface area (Å²) in [6, 6.07) is 9.43. The molecule has 106 valence electrons. The van der Waals surface area contributed by atoms with Crippen molar-refractivity contribution in [3.05, 3.63) is 54.4 Å². The van der Waals surface area contributed by atoms with Gasteiger partial charge >= 0.3 is 0 Å². The highest BCUT2D eigenvalue weighted by atomic mass is 32.2. The number of hydrogen-bond acceptors (Lipinski definition) is 3. The van der Waals surface area contributed by atoms with E-state index < -0.39 is 10.0 Å². The van der Waals surface area contributed by atoms with Crippen LogP contribution in [0.4, 0.5) is 0 Å². The van der Waals surface area contributed by atoms with Crippen LogP contribution in [0.5, 0.6) is 0 Å². The van der Waals surface area contributed by atoms with Crippen LogP contribution in [0.2, 0.25) is 0 Å². The molecular weight excluding hydrogens is 274 g/mol. The third-order valence-corrected chi connectivity index (χ3v) is 4.59. The molecule has 0 saturated carbocycles. The van der Waals surface area contributed by atoms with E-state index in [1.807, 2.05) is 30.3 Å². The maximum atomic E-state index is 12.3. The minimum Gasteiger partial charge on any atom is -0.236 e. The predicted molar refractivity (Wildman–Crippen MR) is 78.4 cm³/mol. The second-order valence-electron chi connectivity index (χ2n) is 4.39. The molecule has 0 amide bonds. The average Bonchev–Trinajstić information content (AvgIpc) is 2.73. The summed E-state index contributed by atoms with van der Waals surface area (Å²) in [6.45, 7) is 7.13. The molecule has 0 aliphatic carbocycles. The summed E-state index contributed by atoms with van der Waals surface area (Å²) in [5.41, 5.74) is 1.89. The number of rotatable bonds is 5. The molecule has 1 aromatic heterocycles. The van der Waals surface area contributed by atoms with Crippen molar-refractivity contribution < 1.29 is 8.42 Å². The smallest absolute Gasteiger partial charge is 0.236 e. The molecule has 20 heavy (non-hydrogen) atoms. The van der Waals surface area contributed by atoms with E-state index in [-0.39, 0.29) is 11.4 Å². The van der Waals surface area contributed by atoms with Crippen molar-refractivity contribution in [1.29, 1.82) is 0 Å². The van der Waals surface area contributed by atoms with Crippen molar-refractivity contribution in [2.75, 3.05) is 6.54 Å². The van der Waals surface area contributed by atoms with E-state index in [0.29, 0.717) is 11.4 Å². The zero-order valence-corrected chi connectivity index (χ0v) is 12.3. The molecule has 0 fully saturated rings. The summed E-state index contributed by atoms with van der Waals surface area (Å²) in [4.78, 5) is 0.225. The molecule has 0 unspecified atom stereocenters. The maximum absolute atomic E-state index is 12.3. The number of aromatic nitrogens is 2. The Morgan fingerprint density at radius 1 is 1.30 bits per heavy atom. The van der Waals surface area contributed by atoms with Crippen LogP contribution >= 0.6 is 0 Å². The first-order valence-electron chi connectivity index (χ1n) is 6.19. The molecular formula is C14H17N3O2S. The van der Waals surface area contributed by atoms with Crippen LogP contribution in [0.25, 0.3) is 5.69 Å². The molecule has 1 aromatic carbocycles. The molecule has 1 heterocycles. The van der Waals surface area contributed by atoms with E-state index in [1.165, 1.54) is 6.08 Å². The second-order valence-corrected chi connectivity index (χ2v) is 6.09. The Hall–Kier alpha value is -1.92. The summed E-state index contributed by atoms with van der Waals surface area (Å²) >= 11 is 0. The van der Waals surface area contributed by atoms with Crippen molar-refractivity contribution in [2.24, 2.45) is 0 Å². The zero-order chi connectivity index (χ0) is 14.8. The highest BCUT2D eigenvalue weighted by Gasteiger charge is 2.24. The molecule has 0 bridgehead atoms. The van der Waals surface area contributed by atoms with Crippen molar-refractivity contribution in [3.63, 3.8) is 0 Å². The zero-order valence-electron chi connectivity index (χ0n) is 11.5. The second kappa shape index (κ2) is 5.60. The monoisotopic (exact) mass is 291 g/mol. The third-order valence-electron chi connectivity index (χ3n) is 2.91. The lowest BCUT2D eigenvalue weighted by Gasteiger charge is -2.06. The SMILES string of the molecule is C=CCNS(=O)(=O)c1c(C)nn(-c2ccccc2)c1C. The number of nitrogens with one attached hydrogen (secondary N) is 1. The van der Waals surface area contributed by atoms with E-state index in [4.69, 9.17) is 0 Å². The van der Waals surface area contributed by atoms with Gasteiger partial charge in [-0.25, -0.2) is 17.8 Å². The Labute approximate surface area is 119 Å². The van der Waals surface area contributed by atoms with Crippen LogP contribution in [0.1, 0.15) is 11.4 Å². The number of aryl methyl sites for hydroxylation is 1. The van der Waals surface area contributed by atoms with Gasteiger partial charge in [-0.05, 0) is 26.0 Å². The van der Waals surface area contributed by atoms with Gasteiger partial charge in [0.2, 0.25) is 10.0 Å². The summed E-state index contributed by atoms with van der Waals surface area (Å²) in [6.07, 6.45) is 1.50. The highest BCUT2D eigenvalue weighted by Crippen LogP contribution is 2.22. The normalized spacial score (nSPS) is 11.5. The molecule has 0 spiro atoms. The Bertz CT molecular complexity index is 718. The van der Waals surface area contributed by atoms with Gasteiger partial charge in [-0.1, -0.05) is 24.3 Å². The molecule has 5 nitrogen and oxygen atoms in total. The number of benzene rings is 1. The molecule has 0 aliphatic heterocycles. The van der Waals surface area contributed by atoms with Gasteiger partial charge in [-0.2, -0.15) is 5.10 Å². The van der Waals surface area contributed by atoms with Crippen molar-refractivity contribution in [1.82, 2.24) is 14.5 Å². The van der Waals surface area contributed by atoms with Gasteiger partial charge in [-0.3, -0.25) is 0 Å². The van der Waals surface area contributed by atoms with Crippen LogP contribution in [0, 0.1) is 13.8 Å². The maximum Gasteiger partial charge on any atom is 0.244 e. The molecule has 6 heteroatoms. The fraction of sp³-hybridized carbons (Fsp3) is 0.214.